The first-order chi connectivity index (χ1) is 14.0. The molecule has 0 bridgehead atoms. The highest BCUT2D eigenvalue weighted by Crippen LogP contribution is 2.33. The van der Waals surface area contributed by atoms with Gasteiger partial charge in [0.1, 0.15) is 5.75 Å². The van der Waals surface area contributed by atoms with Gasteiger partial charge in [-0.25, -0.2) is 4.98 Å². The third-order valence-electron chi connectivity index (χ3n) is 4.15. The zero-order valence-corrected chi connectivity index (χ0v) is 16.9. The van der Waals surface area contributed by atoms with Gasteiger partial charge in [-0.05, 0) is 30.3 Å². The number of carbonyl (C=O) groups excluding carboxylic acids is 1. The predicted octanol–water partition coefficient (Wildman–Crippen LogP) is 3.82. The summed E-state index contributed by atoms with van der Waals surface area (Å²) in [4.78, 5) is 30.1. The first-order valence-electron chi connectivity index (χ1n) is 8.53. The predicted molar refractivity (Wildman–Crippen MR) is 111 cm³/mol. The summed E-state index contributed by atoms with van der Waals surface area (Å²) < 4.78 is 7.85. The second kappa shape index (κ2) is 7.97. The quantitative estimate of drug-likeness (QED) is 0.327. The van der Waals surface area contributed by atoms with Crippen molar-refractivity contribution in [1.29, 1.82) is 0 Å². The summed E-state index contributed by atoms with van der Waals surface area (Å²) >= 11 is 2.22. The van der Waals surface area contributed by atoms with E-state index in [1.807, 2.05) is 24.4 Å². The van der Waals surface area contributed by atoms with Crippen LogP contribution in [0.3, 0.4) is 0 Å². The molecule has 0 unspecified atom stereocenters. The maximum atomic E-state index is 13.2. The summed E-state index contributed by atoms with van der Waals surface area (Å²) in [5, 5.41) is 15.6. The van der Waals surface area contributed by atoms with E-state index in [9.17, 15) is 14.9 Å². The molecular formula is C18H15N5O4S2. The molecule has 11 heteroatoms. The van der Waals surface area contributed by atoms with Crippen molar-refractivity contribution >= 4 is 48.9 Å². The lowest BCUT2D eigenvalue weighted by atomic mass is 10.3. The largest absolute Gasteiger partial charge is 0.497 e. The van der Waals surface area contributed by atoms with Gasteiger partial charge < -0.3 is 4.74 Å². The highest BCUT2D eigenvalue weighted by molar-refractivity contribution is 7.22. The summed E-state index contributed by atoms with van der Waals surface area (Å²) in [7, 11) is 1.59. The van der Waals surface area contributed by atoms with Gasteiger partial charge in [-0.2, -0.15) is 5.10 Å². The van der Waals surface area contributed by atoms with E-state index in [-0.39, 0.29) is 15.8 Å². The second-order valence-electron chi connectivity index (χ2n) is 5.95. The number of rotatable bonds is 7. The Balaban J connectivity index is 1.68. The minimum absolute atomic E-state index is 0.0746. The number of methoxy groups -OCH3 is 1. The average Bonchev–Trinajstić information content (AvgIpc) is 3.47. The molecule has 0 fully saturated rings. The van der Waals surface area contributed by atoms with Crippen molar-refractivity contribution in [2.75, 3.05) is 18.6 Å². The van der Waals surface area contributed by atoms with Gasteiger partial charge >= 0.3 is 5.00 Å². The highest BCUT2D eigenvalue weighted by Gasteiger charge is 2.24. The van der Waals surface area contributed by atoms with Crippen LogP contribution in [-0.4, -0.2) is 39.2 Å². The van der Waals surface area contributed by atoms with Crippen LogP contribution < -0.4 is 9.64 Å². The summed E-state index contributed by atoms with van der Waals surface area (Å²) in [5.41, 5.74) is 0.750. The number of thiophene rings is 1. The van der Waals surface area contributed by atoms with E-state index in [4.69, 9.17) is 4.74 Å². The Hall–Kier alpha value is -3.31. The molecule has 148 valence electrons. The molecule has 1 amide bonds. The molecule has 4 rings (SSSR count). The number of benzene rings is 1. The SMILES string of the molecule is COc1ccc2nc(N(CCn3cccn3)C(=O)c3ccc([N+](=O)[O-])s3)sc2c1. The molecule has 0 aliphatic heterocycles. The molecule has 1 aromatic carbocycles. The maximum Gasteiger partial charge on any atom is 0.324 e. The molecule has 0 atom stereocenters. The fraction of sp³-hybridized carbons (Fsp3) is 0.167. The monoisotopic (exact) mass is 429 g/mol. The topological polar surface area (TPSA) is 103 Å². The molecule has 0 N–H and O–H groups in total. The molecule has 3 heterocycles. The molecule has 0 aliphatic rings. The minimum atomic E-state index is -0.501. The van der Waals surface area contributed by atoms with Gasteiger partial charge in [-0.15, -0.1) is 0 Å². The van der Waals surface area contributed by atoms with E-state index in [1.165, 1.54) is 28.4 Å². The van der Waals surface area contributed by atoms with Crippen molar-refractivity contribution in [3.05, 3.63) is 63.8 Å². The van der Waals surface area contributed by atoms with E-state index in [2.05, 4.69) is 10.1 Å². The second-order valence-corrected chi connectivity index (χ2v) is 8.02. The smallest absolute Gasteiger partial charge is 0.324 e. The third kappa shape index (κ3) is 3.96. The molecule has 3 aromatic heterocycles. The van der Waals surface area contributed by atoms with Gasteiger partial charge in [0.2, 0.25) is 0 Å². The lowest BCUT2D eigenvalue weighted by Crippen LogP contribution is -2.33. The fourth-order valence-electron chi connectivity index (χ4n) is 2.73. The van der Waals surface area contributed by atoms with Gasteiger partial charge in [0.15, 0.2) is 5.13 Å². The van der Waals surface area contributed by atoms with Crippen molar-refractivity contribution in [1.82, 2.24) is 14.8 Å². The number of nitrogens with zero attached hydrogens (tertiary/aromatic N) is 5. The summed E-state index contributed by atoms with van der Waals surface area (Å²) in [5.74, 6) is 0.372. The van der Waals surface area contributed by atoms with Gasteiger partial charge in [-0.3, -0.25) is 24.5 Å². The molecule has 0 saturated heterocycles. The van der Waals surface area contributed by atoms with Crippen molar-refractivity contribution in [3.8, 4) is 5.75 Å². The zero-order chi connectivity index (χ0) is 20.4. The lowest BCUT2D eigenvalue weighted by Gasteiger charge is -2.19. The molecular weight excluding hydrogens is 414 g/mol. The molecule has 0 saturated carbocycles. The number of amides is 1. The number of ether oxygens (including phenoxy) is 1. The average molecular weight is 429 g/mol. The minimum Gasteiger partial charge on any atom is -0.497 e. The number of hydrogen-bond donors (Lipinski definition) is 0. The summed E-state index contributed by atoms with van der Waals surface area (Å²) in [6, 6.07) is 10.1. The van der Waals surface area contributed by atoms with Crippen LogP contribution in [0.15, 0.2) is 48.8 Å². The Bertz CT molecular complexity index is 1170. The van der Waals surface area contributed by atoms with Crippen LogP contribution in [0.2, 0.25) is 0 Å². The van der Waals surface area contributed by atoms with E-state index < -0.39 is 4.92 Å². The first-order valence-corrected chi connectivity index (χ1v) is 10.2. The van der Waals surface area contributed by atoms with Crippen LogP contribution in [0, 0.1) is 10.1 Å². The lowest BCUT2D eigenvalue weighted by molar-refractivity contribution is -0.380. The van der Waals surface area contributed by atoms with Crippen molar-refractivity contribution < 1.29 is 14.5 Å². The highest BCUT2D eigenvalue weighted by atomic mass is 32.1. The normalized spacial score (nSPS) is 10.9. The van der Waals surface area contributed by atoms with Gasteiger partial charge in [-0.1, -0.05) is 22.7 Å². The molecule has 9 nitrogen and oxygen atoms in total. The van der Waals surface area contributed by atoms with Crippen LogP contribution in [0.1, 0.15) is 9.67 Å². The number of carbonyl (C=O) groups is 1. The third-order valence-corrected chi connectivity index (χ3v) is 6.22. The Morgan fingerprint density at radius 3 is 2.86 bits per heavy atom. The van der Waals surface area contributed by atoms with Crippen molar-refractivity contribution in [3.63, 3.8) is 0 Å². The summed E-state index contributed by atoms with van der Waals surface area (Å²) in [6.07, 6.45) is 3.47. The van der Waals surface area contributed by atoms with Crippen molar-refractivity contribution in [2.45, 2.75) is 6.54 Å². The molecule has 0 radical (unpaired) electrons. The Kier molecular flexibility index (Phi) is 5.23. The van der Waals surface area contributed by atoms with Crippen LogP contribution >= 0.6 is 22.7 Å². The van der Waals surface area contributed by atoms with Crippen LogP contribution in [0.5, 0.6) is 5.75 Å². The summed E-state index contributed by atoms with van der Waals surface area (Å²) in [6.45, 7) is 0.786. The van der Waals surface area contributed by atoms with Crippen LogP contribution in [0.4, 0.5) is 10.1 Å². The van der Waals surface area contributed by atoms with E-state index >= 15 is 0 Å². The Morgan fingerprint density at radius 2 is 2.17 bits per heavy atom. The molecule has 0 spiro atoms. The van der Waals surface area contributed by atoms with Crippen LogP contribution in [-0.2, 0) is 6.54 Å². The van der Waals surface area contributed by atoms with E-state index in [1.54, 1.807) is 24.1 Å². The molecule has 4 aromatic rings. The van der Waals surface area contributed by atoms with Crippen molar-refractivity contribution in [2.24, 2.45) is 0 Å². The number of aromatic nitrogens is 3. The van der Waals surface area contributed by atoms with E-state index in [0.717, 1.165) is 21.6 Å². The van der Waals surface area contributed by atoms with Gasteiger partial charge in [0, 0.05) is 25.0 Å². The molecule has 29 heavy (non-hydrogen) atoms. The Morgan fingerprint density at radius 1 is 1.31 bits per heavy atom. The van der Waals surface area contributed by atoms with Gasteiger partial charge in [0.25, 0.3) is 5.91 Å². The molecule has 0 aliphatic carbocycles. The zero-order valence-electron chi connectivity index (χ0n) is 15.2. The number of hydrogen-bond acceptors (Lipinski definition) is 8. The standard InChI is InChI=1S/C18H15N5O4S2/c1-27-12-3-4-13-15(11-12)29-18(20-13)22(10-9-21-8-2-7-19-21)17(24)14-5-6-16(28-14)23(25)26/h2-8,11H,9-10H2,1H3. The van der Waals surface area contributed by atoms with Crippen LogP contribution in [0.25, 0.3) is 10.2 Å². The number of anilines is 1. The first kappa shape index (κ1) is 19.0. The number of fused-ring (bicyclic) bond motifs is 1. The fourth-order valence-corrected chi connectivity index (χ4v) is 4.52. The van der Waals surface area contributed by atoms with E-state index in [0.29, 0.717) is 24.0 Å². The number of nitro groups is 1. The Labute approximate surface area is 172 Å². The maximum absolute atomic E-state index is 13.2. The van der Waals surface area contributed by atoms with Gasteiger partial charge in [0.05, 0.1) is 33.7 Å². The number of thiazole rings is 1.